The Morgan fingerprint density at radius 1 is 1.08 bits per heavy atom. The second-order valence-corrected chi connectivity index (χ2v) is 6.30. The molecule has 0 radical (unpaired) electrons. The third kappa shape index (κ3) is 5.47. The summed E-state index contributed by atoms with van der Waals surface area (Å²) >= 11 is 11.7. The lowest BCUT2D eigenvalue weighted by molar-refractivity contribution is -0.152. The fourth-order valence-electron chi connectivity index (χ4n) is 2.07. The number of primary amides is 1. The number of rotatable bonds is 6. The Hall–Kier alpha value is -2.57. The number of nitrogens with two attached hydrogens (primary N) is 1. The molecule has 6 nitrogen and oxygen atoms in total. The van der Waals surface area contributed by atoms with Crippen LogP contribution in [0.2, 0.25) is 10.0 Å². The SMILES string of the molecule is C[C@H](OC(=O)Cc1ccc(Cl)c(Cl)c1)C(=O)Nc1ccc(C(N)=O)cc1. The van der Waals surface area contributed by atoms with Gasteiger partial charge in [0.15, 0.2) is 6.10 Å². The first-order chi connectivity index (χ1) is 12.3. The highest BCUT2D eigenvalue weighted by atomic mass is 35.5. The number of hydrogen-bond donors (Lipinski definition) is 2. The lowest BCUT2D eigenvalue weighted by Crippen LogP contribution is -2.30. The first-order valence-corrected chi connectivity index (χ1v) is 8.36. The van der Waals surface area contributed by atoms with Crippen molar-refractivity contribution < 1.29 is 19.1 Å². The molecule has 2 rings (SSSR count). The number of ether oxygens (including phenoxy) is 1. The van der Waals surface area contributed by atoms with Crippen molar-refractivity contribution in [2.24, 2.45) is 5.73 Å². The molecule has 2 amide bonds. The zero-order chi connectivity index (χ0) is 19.3. The second kappa shape index (κ2) is 8.69. The molecule has 0 saturated carbocycles. The maximum atomic E-state index is 12.1. The van der Waals surface area contributed by atoms with Crippen LogP contribution in [0.15, 0.2) is 42.5 Å². The highest BCUT2D eigenvalue weighted by Crippen LogP contribution is 2.23. The largest absolute Gasteiger partial charge is 0.452 e. The molecular formula is C18H16Cl2N2O4. The first-order valence-electron chi connectivity index (χ1n) is 7.60. The maximum Gasteiger partial charge on any atom is 0.311 e. The predicted octanol–water partition coefficient (Wildman–Crippen LogP) is 3.21. The summed E-state index contributed by atoms with van der Waals surface area (Å²) in [6.45, 7) is 1.46. The minimum atomic E-state index is -0.999. The van der Waals surface area contributed by atoms with Gasteiger partial charge in [0.05, 0.1) is 16.5 Å². The minimum absolute atomic E-state index is 0.0399. The van der Waals surface area contributed by atoms with Crippen molar-refractivity contribution in [2.45, 2.75) is 19.4 Å². The molecular weight excluding hydrogens is 379 g/mol. The van der Waals surface area contributed by atoms with Crippen LogP contribution in [0.25, 0.3) is 0 Å². The number of carbonyl (C=O) groups is 3. The van der Waals surface area contributed by atoms with Gasteiger partial charge in [-0.05, 0) is 48.9 Å². The van der Waals surface area contributed by atoms with Gasteiger partial charge in [-0.15, -0.1) is 0 Å². The van der Waals surface area contributed by atoms with Crippen LogP contribution >= 0.6 is 23.2 Å². The van der Waals surface area contributed by atoms with E-state index in [2.05, 4.69) is 5.32 Å². The van der Waals surface area contributed by atoms with Crippen molar-refractivity contribution >= 4 is 46.7 Å². The van der Waals surface area contributed by atoms with E-state index in [-0.39, 0.29) is 6.42 Å². The molecule has 26 heavy (non-hydrogen) atoms. The van der Waals surface area contributed by atoms with Crippen molar-refractivity contribution in [3.05, 3.63) is 63.6 Å². The maximum absolute atomic E-state index is 12.1. The summed E-state index contributed by atoms with van der Waals surface area (Å²) < 4.78 is 5.12. The van der Waals surface area contributed by atoms with Crippen molar-refractivity contribution in [3.63, 3.8) is 0 Å². The molecule has 0 aliphatic carbocycles. The molecule has 0 unspecified atom stereocenters. The van der Waals surface area contributed by atoms with E-state index in [1.165, 1.54) is 31.2 Å². The second-order valence-electron chi connectivity index (χ2n) is 5.49. The molecule has 8 heteroatoms. The smallest absolute Gasteiger partial charge is 0.311 e. The van der Waals surface area contributed by atoms with Gasteiger partial charge in [-0.25, -0.2) is 0 Å². The molecule has 0 bridgehead atoms. The van der Waals surface area contributed by atoms with Gasteiger partial charge in [-0.1, -0.05) is 29.3 Å². The molecule has 0 aliphatic rings. The summed E-state index contributed by atoms with van der Waals surface area (Å²) in [5.41, 5.74) is 6.55. The normalized spacial score (nSPS) is 11.5. The molecule has 0 aromatic heterocycles. The summed E-state index contributed by atoms with van der Waals surface area (Å²) in [4.78, 5) is 35.1. The molecule has 136 valence electrons. The van der Waals surface area contributed by atoms with Gasteiger partial charge in [0.2, 0.25) is 5.91 Å². The van der Waals surface area contributed by atoms with Crippen LogP contribution in [0.1, 0.15) is 22.8 Å². The van der Waals surface area contributed by atoms with Crippen molar-refractivity contribution in [1.29, 1.82) is 0 Å². The van der Waals surface area contributed by atoms with E-state index in [4.69, 9.17) is 33.7 Å². The van der Waals surface area contributed by atoms with Gasteiger partial charge in [0.1, 0.15) is 0 Å². The fourth-order valence-corrected chi connectivity index (χ4v) is 2.39. The Bertz CT molecular complexity index is 838. The highest BCUT2D eigenvalue weighted by Gasteiger charge is 2.18. The predicted molar refractivity (Wildman–Crippen MR) is 99.3 cm³/mol. The number of anilines is 1. The number of hydrogen-bond acceptors (Lipinski definition) is 4. The number of esters is 1. The van der Waals surface area contributed by atoms with E-state index < -0.39 is 23.9 Å². The Labute approximate surface area is 160 Å². The van der Waals surface area contributed by atoms with Crippen LogP contribution in [0.3, 0.4) is 0 Å². The molecule has 0 fully saturated rings. The molecule has 0 aliphatic heterocycles. The van der Waals surface area contributed by atoms with E-state index in [0.717, 1.165) is 0 Å². The topological polar surface area (TPSA) is 98.5 Å². The quantitative estimate of drug-likeness (QED) is 0.734. The summed E-state index contributed by atoms with van der Waals surface area (Å²) in [6, 6.07) is 10.8. The number of amides is 2. The van der Waals surface area contributed by atoms with Gasteiger partial charge in [-0.2, -0.15) is 0 Å². The van der Waals surface area contributed by atoms with E-state index in [1.54, 1.807) is 18.2 Å². The van der Waals surface area contributed by atoms with E-state index in [1.807, 2.05) is 0 Å². The van der Waals surface area contributed by atoms with Crippen LogP contribution in [0.5, 0.6) is 0 Å². The molecule has 0 spiro atoms. The number of benzene rings is 2. The zero-order valence-corrected chi connectivity index (χ0v) is 15.3. The third-order valence-electron chi connectivity index (χ3n) is 3.45. The van der Waals surface area contributed by atoms with Gasteiger partial charge in [0.25, 0.3) is 5.91 Å². The Morgan fingerprint density at radius 3 is 2.31 bits per heavy atom. The zero-order valence-electron chi connectivity index (χ0n) is 13.8. The van der Waals surface area contributed by atoms with E-state index in [0.29, 0.717) is 26.9 Å². The molecule has 2 aromatic rings. The van der Waals surface area contributed by atoms with E-state index in [9.17, 15) is 14.4 Å². The van der Waals surface area contributed by atoms with Gasteiger partial charge < -0.3 is 15.8 Å². The molecule has 1 atom stereocenters. The van der Waals surface area contributed by atoms with Crippen molar-refractivity contribution in [3.8, 4) is 0 Å². The summed E-state index contributed by atoms with van der Waals surface area (Å²) in [7, 11) is 0. The van der Waals surface area contributed by atoms with E-state index >= 15 is 0 Å². The van der Waals surface area contributed by atoms with Crippen molar-refractivity contribution in [1.82, 2.24) is 0 Å². The lowest BCUT2D eigenvalue weighted by atomic mass is 10.1. The average Bonchev–Trinajstić information content (AvgIpc) is 2.58. The lowest BCUT2D eigenvalue weighted by Gasteiger charge is -2.14. The molecule has 2 aromatic carbocycles. The molecule has 3 N–H and O–H groups in total. The number of carbonyl (C=O) groups excluding carboxylic acids is 3. The van der Waals surface area contributed by atoms with Gasteiger partial charge >= 0.3 is 5.97 Å². The Kier molecular flexibility index (Phi) is 6.60. The summed E-state index contributed by atoms with van der Waals surface area (Å²) in [5.74, 6) is -1.64. The van der Waals surface area contributed by atoms with Crippen LogP contribution in [-0.4, -0.2) is 23.9 Å². The standard InChI is InChI=1S/C18H16Cl2N2O4/c1-10(18(25)22-13-5-3-12(4-6-13)17(21)24)26-16(23)9-11-2-7-14(19)15(20)8-11/h2-8,10H,9H2,1H3,(H2,21,24)(H,22,25)/t10-/m0/s1. The number of halogens is 2. The Balaban J connectivity index is 1.90. The average molecular weight is 395 g/mol. The van der Waals surface area contributed by atoms with Gasteiger partial charge in [-0.3, -0.25) is 14.4 Å². The highest BCUT2D eigenvalue weighted by molar-refractivity contribution is 6.42. The summed E-state index contributed by atoms with van der Waals surface area (Å²) in [6.07, 6.45) is -1.04. The van der Waals surface area contributed by atoms with Crippen LogP contribution in [0, 0.1) is 0 Å². The molecule has 0 heterocycles. The minimum Gasteiger partial charge on any atom is -0.452 e. The number of nitrogens with one attached hydrogen (secondary N) is 1. The van der Waals surface area contributed by atoms with Crippen LogP contribution < -0.4 is 11.1 Å². The van der Waals surface area contributed by atoms with Gasteiger partial charge in [0, 0.05) is 11.3 Å². The Morgan fingerprint density at radius 2 is 1.73 bits per heavy atom. The van der Waals surface area contributed by atoms with Crippen LogP contribution in [-0.2, 0) is 20.7 Å². The van der Waals surface area contributed by atoms with Crippen molar-refractivity contribution in [2.75, 3.05) is 5.32 Å². The fraction of sp³-hybridized carbons (Fsp3) is 0.167. The third-order valence-corrected chi connectivity index (χ3v) is 4.19. The monoisotopic (exact) mass is 394 g/mol. The van der Waals surface area contributed by atoms with Crippen LogP contribution in [0.4, 0.5) is 5.69 Å². The summed E-state index contributed by atoms with van der Waals surface area (Å²) in [5, 5.41) is 3.31. The first kappa shape index (κ1) is 19.8. The molecule has 0 saturated heterocycles.